The molecule has 0 saturated heterocycles. The van der Waals surface area contributed by atoms with Gasteiger partial charge in [-0.1, -0.05) is 24.3 Å². The lowest BCUT2D eigenvalue weighted by Crippen LogP contribution is -2.00. The fourth-order valence-electron chi connectivity index (χ4n) is 1.52. The number of hydrogen-bond acceptors (Lipinski definition) is 2. The second-order valence-electron chi connectivity index (χ2n) is 3.69. The number of halogens is 3. The Labute approximate surface area is 106 Å². The van der Waals surface area contributed by atoms with Crippen molar-refractivity contribution in [3.8, 4) is 16.5 Å². The minimum atomic E-state index is -4.29. The summed E-state index contributed by atoms with van der Waals surface area (Å²) < 4.78 is 37.4. The minimum Gasteiger partial charge on any atom is -0.198 e. The first-order chi connectivity index (χ1) is 8.50. The standard InChI is InChI=1S/C13H8F3NS/c14-13(15,16)12-6-5-11(18-12)10-3-1-9(2-4-10)7-8-17/h1-6H,7H2. The summed E-state index contributed by atoms with van der Waals surface area (Å²) in [6.45, 7) is 0. The fourth-order valence-corrected chi connectivity index (χ4v) is 2.40. The first-order valence-corrected chi connectivity index (χ1v) is 5.95. The minimum absolute atomic E-state index is 0.304. The quantitative estimate of drug-likeness (QED) is 0.785. The molecule has 2 rings (SSSR count). The van der Waals surface area contributed by atoms with Crippen LogP contribution in [0.25, 0.3) is 10.4 Å². The molecule has 0 aliphatic heterocycles. The van der Waals surface area contributed by atoms with E-state index >= 15 is 0 Å². The topological polar surface area (TPSA) is 23.8 Å². The molecule has 0 fully saturated rings. The molecule has 0 radical (unpaired) electrons. The maximum absolute atomic E-state index is 12.5. The maximum Gasteiger partial charge on any atom is 0.425 e. The van der Waals surface area contributed by atoms with Crippen LogP contribution in [0.2, 0.25) is 0 Å². The van der Waals surface area contributed by atoms with E-state index in [2.05, 4.69) is 0 Å². The highest BCUT2D eigenvalue weighted by atomic mass is 32.1. The Kier molecular flexibility index (Phi) is 3.39. The Balaban J connectivity index is 2.27. The normalized spacial score (nSPS) is 11.2. The Morgan fingerprint density at radius 1 is 1.06 bits per heavy atom. The molecule has 0 aliphatic rings. The van der Waals surface area contributed by atoms with Crippen LogP contribution in [-0.4, -0.2) is 0 Å². The van der Waals surface area contributed by atoms with Gasteiger partial charge in [0.15, 0.2) is 0 Å². The number of alkyl halides is 3. The lowest BCUT2D eigenvalue weighted by molar-refractivity contribution is -0.134. The van der Waals surface area contributed by atoms with E-state index in [0.717, 1.165) is 28.5 Å². The second-order valence-corrected chi connectivity index (χ2v) is 4.78. The molecule has 0 spiro atoms. The zero-order valence-electron chi connectivity index (χ0n) is 9.16. The van der Waals surface area contributed by atoms with Gasteiger partial charge in [0, 0.05) is 4.88 Å². The summed E-state index contributed by atoms with van der Waals surface area (Å²) >= 11 is 0.722. The molecular weight excluding hydrogens is 259 g/mol. The van der Waals surface area contributed by atoms with E-state index in [1.807, 2.05) is 6.07 Å². The summed E-state index contributed by atoms with van der Waals surface area (Å²) in [6, 6.07) is 11.6. The molecule has 5 heteroatoms. The number of thiophene rings is 1. The predicted molar refractivity (Wildman–Crippen MR) is 64.1 cm³/mol. The number of hydrogen-bond donors (Lipinski definition) is 0. The van der Waals surface area contributed by atoms with Gasteiger partial charge >= 0.3 is 6.18 Å². The average molecular weight is 267 g/mol. The number of benzene rings is 1. The van der Waals surface area contributed by atoms with Crippen LogP contribution in [0.4, 0.5) is 13.2 Å². The summed E-state index contributed by atoms with van der Waals surface area (Å²) in [5.74, 6) is 0. The van der Waals surface area contributed by atoms with E-state index in [0.29, 0.717) is 11.3 Å². The summed E-state index contributed by atoms with van der Waals surface area (Å²) in [7, 11) is 0. The van der Waals surface area contributed by atoms with E-state index in [4.69, 9.17) is 5.26 Å². The second kappa shape index (κ2) is 4.83. The zero-order valence-corrected chi connectivity index (χ0v) is 9.98. The van der Waals surface area contributed by atoms with Crippen molar-refractivity contribution in [3.05, 3.63) is 46.8 Å². The molecule has 0 atom stereocenters. The van der Waals surface area contributed by atoms with Gasteiger partial charge in [0.25, 0.3) is 0 Å². The van der Waals surface area contributed by atoms with Gasteiger partial charge in [-0.2, -0.15) is 18.4 Å². The lowest BCUT2D eigenvalue weighted by Gasteiger charge is -2.01. The summed E-state index contributed by atoms with van der Waals surface area (Å²) in [6.07, 6.45) is -3.98. The Morgan fingerprint density at radius 3 is 2.22 bits per heavy atom. The highest BCUT2D eigenvalue weighted by Crippen LogP contribution is 2.38. The molecule has 0 saturated carbocycles. The van der Waals surface area contributed by atoms with Gasteiger partial charge in [-0.15, -0.1) is 11.3 Å². The van der Waals surface area contributed by atoms with Crippen molar-refractivity contribution < 1.29 is 13.2 Å². The average Bonchev–Trinajstić information content (AvgIpc) is 2.79. The third-order valence-corrected chi connectivity index (χ3v) is 3.59. The molecule has 1 aromatic heterocycles. The van der Waals surface area contributed by atoms with Crippen molar-refractivity contribution in [2.75, 3.05) is 0 Å². The molecule has 1 nitrogen and oxygen atoms in total. The molecule has 1 aromatic carbocycles. The monoisotopic (exact) mass is 267 g/mol. The van der Waals surface area contributed by atoms with Crippen molar-refractivity contribution in [2.24, 2.45) is 0 Å². The van der Waals surface area contributed by atoms with Crippen LogP contribution in [0.15, 0.2) is 36.4 Å². The molecule has 0 amide bonds. The Morgan fingerprint density at radius 2 is 1.72 bits per heavy atom. The van der Waals surface area contributed by atoms with Crippen LogP contribution in [0.1, 0.15) is 10.4 Å². The van der Waals surface area contributed by atoms with E-state index in [9.17, 15) is 13.2 Å². The summed E-state index contributed by atoms with van der Waals surface area (Å²) in [5, 5.41) is 8.53. The summed E-state index contributed by atoms with van der Waals surface area (Å²) in [5.41, 5.74) is 1.59. The SMILES string of the molecule is N#CCc1ccc(-c2ccc(C(F)(F)F)s2)cc1. The van der Waals surface area contributed by atoms with Gasteiger partial charge in [0.2, 0.25) is 0 Å². The third kappa shape index (κ3) is 2.71. The zero-order chi connectivity index (χ0) is 13.2. The number of nitriles is 1. The Bertz CT molecular complexity index is 576. The predicted octanol–water partition coefficient (Wildman–Crippen LogP) is 4.50. The molecule has 0 unspecified atom stereocenters. The number of rotatable bonds is 2. The van der Waals surface area contributed by atoms with Crippen molar-refractivity contribution in [3.63, 3.8) is 0 Å². The van der Waals surface area contributed by atoms with Crippen LogP contribution in [0, 0.1) is 11.3 Å². The number of nitrogens with zero attached hydrogens (tertiary/aromatic N) is 1. The van der Waals surface area contributed by atoms with E-state index in [1.54, 1.807) is 24.3 Å². The molecule has 18 heavy (non-hydrogen) atoms. The highest BCUT2D eigenvalue weighted by molar-refractivity contribution is 7.15. The lowest BCUT2D eigenvalue weighted by atomic mass is 10.1. The van der Waals surface area contributed by atoms with Gasteiger partial charge in [-0.05, 0) is 23.3 Å². The largest absolute Gasteiger partial charge is 0.425 e. The van der Waals surface area contributed by atoms with Gasteiger partial charge in [0.05, 0.1) is 12.5 Å². The van der Waals surface area contributed by atoms with Crippen molar-refractivity contribution in [2.45, 2.75) is 12.6 Å². The van der Waals surface area contributed by atoms with Crippen molar-refractivity contribution in [1.29, 1.82) is 5.26 Å². The van der Waals surface area contributed by atoms with Gasteiger partial charge < -0.3 is 0 Å². The molecule has 92 valence electrons. The summed E-state index contributed by atoms with van der Waals surface area (Å²) in [4.78, 5) is -0.0237. The highest BCUT2D eigenvalue weighted by Gasteiger charge is 2.32. The first-order valence-electron chi connectivity index (χ1n) is 5.14. The van der Waals surface area contributed by atoms with Gasteiger partial charge in [0.1, 0.15) is 4.88 Å². The molecule has 0 N–H and O–H groups in total. The van der Waals surface area contributed by atoms with Gasteiger partial charge in [-0.3, -0.25) is 0 Å². The van der Waals surface area contributed by atoms with Crippen LogP contribution in [0.3, 0.4) is 0 Å². The smallest absolute Gasteiger partial charge is 0.198 e. The molecule has 1 heterocycles. The third-order valence-electron chi connectivity index (χ3n) is 2.41. The van der Waals surface area contributed by atoms with E-state index < -0.39 is 11.1 Å². The molecule has 0 bridgehead atoms. The van der Waals surface area contributed by atoms with Crippen LogP contribution >= 0.6 is 11.3 Å². The molecule has 0 aliphatic carbocycles. The maximum atomic E-state index is 12.5. The fraction of sp³-hybridized carbons (Fsp3) is 0.154. The van der Waals surface area contributed by atoms with Crippen LogP contribution in [0.5, 0.6) is 0 Å². The van der Waals surface area contributed by atoms with E-state index in [1.165, 1.54) is 6.07 Å². The van der Waals surface area contributed by atoms with E-state index in [-0.39, 0.29) is 0 Å². The molecular formula is C13H8F3NS. The molecule has 2 aromatic rings. The first kappa shape index (κ1) is 12.7. The Hall–Kier alpha value is -1.80. The van der Waals surface area contributed by atoms with Gasteiger partial charge in [-0.25, -0.2) is 0 Å². The van der Waals surface area contributed by atoms with Crippen molar-refractivity contribution in [1.82, 2.24) is 0 Å². The van der Waals surface area contributed by atoms with Crippen LogP contribution < -0.4 is 0 Å². The van der Waals surface area contributed by atoms with Crippen molar-refractivity contribution >= 4 is 11.3 Å². The van der Waals surface area contributed by atoms with Crippen LogP contribution in [-0.2, 0) is 12.6 Å².